The van der Waals surface area contributed by atoms with Crippen molar-refractivity contribution in [2.75, 3.05) is 6.54 Å². The highest BCUT2D eigenvalue weighted by Gasteiger charge is 2.45. The Labute approximate surface area is 107 Å². The highest BCUT2D eigenvalue weighted by Crippen LogP contribution is 2.32. The number of carboxylic acid groups (broad SMARTS) is 1. The van der Waals surface area contributed by atoms with Gasteiger partial charge in [0.15, 0.2) is 0 Å². The van der Waals surface area contributed by atoms with Gasteiger partial charge in [0.05, 0.1) is 11.5 Å². The van der Waals surface area contributed by atoms with Crippen LogP contribution in [-0.2, 0) is 9.59 Å². The maximum absolute atomic E-state index is 12.5. The van der Waals surface area contributed by atoms with Gasteiger partial charge >= 0.3 is 5.97 Å². The van der Waals surface area contributed by atoms with E-state index < -0.39 is 17.4 Å². The van der Waals surface area contributed by atoms with Gasteiger partial charge in [-0.2, -0.15) is 0 Å². The van der Waals surface area contributed by atoms with E-state index in [1.54, 1.807) is 4.90 Å². The Morgan fingerprint density at radius 2 is 1.89 bits per heavy atom. The molecule has 0 aromatic rings. The number of hydrogen-bond donors (Lipinski definition) is 2. The fraction of sp³-hybridized carbons (Fsp3) is 0.846. The van der Waals surface area contributed by atoms with Crippen LogP contribution in [0.3, 0.4) is 0 Å². The molecule has 2 unspecified atom stereocenters. The number of aliphatic carboxylic acids is 1. The number of carboxylic acids is 1. The van der Waals surface area contributed by atoms with Crippen molar-refractivity contribution in [1.82, 2.24) is 4.90 Å². The molecule has 0 radical (unpaired) electrons. The lowest BCUT2D eigenvalue weighted by atomic mass is 9.81. The van der Waals surface area contributed by atoms with Gasteiger partial charge in [-0.3, -0.25) is 9.59 Å². The average Bonchev–Trinajstić information content (AvgIpc) is 2.71. The van der Waals surface area contributed by atoms with Crippen molar-refractivity contribution >= 4 is 11.9 Å². The van der Waals surface area contributed by atoms with Crippen LogP contribution in [0.5, 0.6) is 0 Å². The second-order valence-corrected chi connectivity index (χ2v) is 5.69. The van der Waals surface area contributed by atoms with Crippen molar-refractivity contribution in [2.45, 2.75) is 57.0 Å². The third-order valence-corrected chi connectivity index (χ3v) is 4.50. The average molecular weight is 254 g/mol. The first kappa shape index (κ1) is 13.3. The van der Waals surface area contributed by atoms with Crippen molar-refractivity contribution in [3.8, 4) is 0 Å². The zero-order valence-electron chi connectivity index (χ0n) is 10.9. The first-order valence-corrected chi connectivity index (χ1v) is 6.78. The van der Waals surface area contributed by atoms with Gasteiger partial charge in [-0.25, -0.2) is 0 Å². The van der Waals surface area contributed by atoms with Crippen LogP contribution < -0.4 is 5.73 Å². The van der Waals surface area contributed by atoms with Crippen LogP contribution in [0.2, 0.25) is 0 Å². The fourth-order valence-corrected chi connectivity index (χ4v) is 3.24. The predicted molar refractivity (Wildman–Crippen MR) is 66.9 cm³/mol. The van der Waals surface area contributed by atoms with Crippen LogP contribution in [0, 0.1) is 5.92 Å². The Morgan fingerprint density at radius 3 is 2.39 bits per heavy atom. The van der Waals surface area contributed by atoms with Crippen molar-refractivity contribution in [1.29, 1.82) is 0 Å². The van der Waals surface area contributed by atoms with Crippen LogP contribution >= 0.6 is 0 Å². The van der Waals surface area contributed by atoms with E-state index in [1.165, 1.54) is 0 Å². The summed E-state index contributed by atoms with van der Waals surface area (Å²) in [5.41, 5.74) is 5.48. The molecule has 1 amide bonds. The van der Waals surface area contributed by atoms with E-state index in [-0.39, 0.29) is 11.9 Å². The standard InChI is InChI=1S/C13H22N2O3/c1-9-10(11(16)17)5-8-15(9)12(18)13(14)6-3-2-4-7-13/h9-10H,2-8,14H2,1H3,(H,16,17). The second-order valence-electron chi connectivity index (χ2n) is 5.69. The lowest BCUT2D eigenvalue weighted by Crippen LogP contribution is -2.57. The summed E-state index contributed by atoms with van der Waals surface area (Å²) >= 11 is 0. The molecule has 0 aromatic carbocycles. The third-order valence-electron chi connectivity index (χ3n) is 4.50. The number of amides is 1. The zero-order valence-corrected chi connectivity index (χ0v) is 10.9. The molecule has 1 saturated heterocycles. The molecule has 5 heteroatoms. The van der Waals surface area contributed by atoms with E-state index >= 15 is 0 Å². The first-order valence-electron chi connectivity index (χ1n) is 6.78. The monoisotopic (exact) mass is 254 g/mol. The van der Waals surface area contributed by atoms with E-state index in [0.29, 0.717) is 13.0 Å². The number of rotatable bonds is 2. The molecular formula is C13H22N2O3. The molecule has 18 heavy (non-hydrogen) atoms. The predicted octanol–water partition coefficient (Wildman–Crippen LogP) is 0.970. The zero-order chi connectivity index (χ0) is 13.3. The molecule has 1 saturated carbocycles. The molecule has 1 aliphatic heterocycles. The largest absolute Gasteiger partial charge is 0.481 e. The van der Waals surface area contributed by atoms with E-state index in [0.717, 1.165) is 32.1 Å². The van der Waals surface area contributed by atoms with Crippen LogP contribution in [0.25, 0.3) is 0 Å². The highest BCUT2D eigenvalue weighted by molar-refractivity contribution is 5.87. The Hall–Kier alpha value is -1.10. The maximum atomic E-state index is 12.5. The van der Waals surface area contributed by atoms with Gasteiger partial charge in [0.2, 0.25) is 5.91 Å². The van der Waals surface area contributed by atoms with Gasteiger partial charge in [0, 0.05) is 12.6 Å². The normalized spacial score (nSPS) is 31.3. The second kappa shape index (κ2) is 4.88. The van der Waals surface area contributed by atoms with Gasteiger partial charge < -0.3 is 15.7 Å². The molecule has 2 aliphatic rings. The first-order chi connectivity index (χ1) is 8.46. The lowest BCUT2D eigenvalue weighted by Gasteiger charge is -2.37. The van der Waals surface area contributed by atoms with Crippen LogP contribution in [0.4, 0.5) is 0 Å². The molecule has 0 spiro atoms. The topological polar surface area (TPSA) is 83.6 Å². The molecule has 2 fully saturated rings. The Bertz CT molecular complexity index is 350. The molecule has 102 valence electrons. The quantitative estimate of drug-likeness (QED) is 0.769. The smallest absolute Gasteiger partial charge is 0.308 e. The minimum absolute atomic E-state index is 0.0431. The van der Waals surface area contributed by atoms with Crippen molar-refractivity contribution < 1.29 is 14.7 Å². The van der Waals surface area contributed by atoms with Gasteiger partial charge in [0.1, 0.15) is 0 Å². The van der Waals surface area contributed by atoms with E-state index in [9.17, 15) is 9.59 Å². The van der Waals surface area contributed by atoms with Gasteiger partial charge in [-0.05, 0) is 26.2 Å². The summed E-state index contributed by atoms with van der Waals surface area (Å²) in [6.45, 7) is 2.34. The molecule has 0 bridgehead atoms. The Balaban J connectivity index is 2.08. The molecule has 3 N–H and O–H groups in total. The Kier molecular flexibility index (Phi) is 3.61. The SMILES string of the molecule is CC1C(C(=O)O)CCN1C(=O)C1(N)CCCCC1. The molecule has 5 nitrogen and oxygen atoms in total. The summed E-state index contributed by atoms with van der Waals surface area (Å²) in [4.78, 5) is 25.3. The number of nitrogens with zero attached hydrogens (tertiary/aromatic N) is 1. The Morgan fingerprint density at radius 1 is 1.28 bits per heavy atom. The summed E-state index contributed by atoms with van der Waals surface area (Å²) in [5, 5.41) is 9.09. The van der Waals surface area contributed by atoms with E-state index in [2.05, 4.69) is 0 Å². The van der Waals surface area contributed by atoms with Crippen molar-refractivity contribution in [3.05, 3.63) is 0 Å². The minimum Gasteiger partial charge on any atom is -0.481 e. The van der Waals surface area contributed by atoms with Gasteiger partial charge in [0.25, 0.3) is 0 Å². The summed E-state index contributed by atoms with van der Waals surface area (Å²) in [6, 6.07) is -0.239. The van der Waals surface area contributed by atoms with Crippen LogP contribution in [0.1, 0.15) is 45.4 Å². The molecule has 1 aliphatic carbocycles. The number of hydrogen-bond acceptors (Lipinski definition) is 3. The third kappa shape index (κ3) is 2.23. The van der Waals surface area contributed by atoms with Gasteiger partial charge in [-0.15, -0.1) is 0 Å². The highest BCUT2D eigenvalue weighted by atomic mass is 16.4. The fourth-order valence-electron chi connectivity index (χ4n) is 3.24. The van der Waals surface area contributed by atoms with Crippen molar-refractivity contribution in [2.24, 2.45) is 11.7 Å². The van der Waals surface area contributed by atoms with Crippen molar-refractivity contribution in [3.63, 3.8) is 0 Å². The number of carbonyl (C=O) groups is 2. The number of likely N-dealkylation sites (tertiary alicyclic amines) is 1. The molecular weight excluding hydrogens is 232 g/mol. The number of carbonyl (C=O) groups excluding carboxylic acids is 1. The molecule has 2 rings (SSSR count). The lowest BCUT2D eigenvalue weighted by molar-refractivity contribution is -0.144. The molecule has 2 atom stereocenters. The minimum atomic E-state index is -0.812. The van der Waals surface area contributed by atoms with Crippen LogP contribution in [0.15, 0.2) is 0 Å². The van der Waals surface area contributed by atoms with Crippen LogP contribution in [-0.4, -0.2) is 40.0 Å². The maximum Gasteiger partial charge on any atom is 0.308 e. The molecule has 1 heterocycles. The molecule has 0 aromatic heterocycles. The van der Waals surface area contributed by atoms with E-state index in [4.69, 9.17) is 10.8 Å². The summed E-state index contributed by atoms with van der Waals surface area (Å²) in [7, 11) is 0. The summed E-state index contributed by atoms with van der Waals surface area (Å²) in [6.07, 6.45) is 5.12. The number of nitrogens with two attached hydrogens (primary N) is 1. The van der Waals surface area contributed by atoms with Gasteiger partial charge in [-0.1, -0.05) is 19.3 Å². The summed E-state index contributed by atoms with van der Waals surface area (Å²) < 4.78 is 0. The summed E-state index contributed by atoms with van der Waals surface area (Å²) in [5.74, 6) is -1.30. The van der Waals surface area contributed by atoms with E-state index in [1.807, 2.05) is 6.92 Å².